The van der Waals surface area contributed by atoms with Gasteiger partial charge >= 0.3 is 0 Å². The fourth-order valence-electron chi connectivity index (χ4n) is 2.40. The Morgan fingerprint density at radius 3 is 2.61 bits per heavy atom. The Labute approximate surface area is 137 Å². The molecule has 1 aromatic carbocycles. The van der Waals surface area contributed by atoms with Crippen LogP contribution >= 0.6 is 11.8 Å². The van der Waals surface area contributed by atoms with E-state index in [1.54, 1.807) is 18.2 Å². The van der Waals surface area contributed by atoms with Crippen LogP contribution in [0.25, 0.3) is 11.8 Å². The van der Waals surface area contributed by atoms with Gasteiger partial charge in [-0.15, -0.1) is 0 Å². The summed E-state index contributed by atoms with van der Waals surface area (Å²) in [5, 5.41) is -0.233. The molecule has 2 amide bonds. The monoisotopic (exact) mass is 330 g/mol. The maximum absolute atomic E-state index is 13.1. The van der Waals surface area contributed by atoms with Crippen LogP contribution in [0.3, 0.4) is 0 Å². The number of amides is 2. The SMILES string of the molecule is CCCN1C(=O)S/C(=C/c2cccn2-c2ccc(F)cc2)C1=O. The van der Waals surface area contributed by atoms with Crippen LogP contribution in [0.4, 0.5) is 9.18 Å². The number of imide groups is 1. The van der Waals surface area contributed by atoms with Gasteiger partial charge in [-0.25, -0.2) is 4.39 Å². The molecule has 0 bridgehead atoms. The van der Waals surface area contributed by atoms with Gasteiger partial charge in [0.15, 0.2) is 0 Å². The Balaban J connectivity index is 1.92. The van der Waals surface area contributed by atoms with Gasteiger partial charge in [-0.3, -0.25) is 14.5 Å². The molecule has 0 radical (unpaired) electrons. The highest BCUT2D eigenvalue weighted by Gasteiger charge is 2.34. The second kappa shape index (κ2) is 6.42. The van der Waals surface area contributed by atoms with E-state index >= 15 is 0 Å². The zero-order valence-electron chi connectivity index (χ0n) is 12.5. The third kappa shape index (κ3) is 3.07. The lowest BCUT2D eigenvalue weighted by Gasteiger charge is -2.10. The highest BCUT2D eigenvalue weighted by atomic mass is 32.2. The average Bonchev–Trinajstić information content (AvgIpc) is 3.09. The summed E-state index contributed by atoms with van der Waals surface area (Å²) in [5.74, 6) is -0.558. The van der Waals surface area contributed by atoms with Crippen molar-refractivity contribution in [2.24, 2.45) is 0 Å². The summed E-state index contributed by atoms with van der Waals surface area (Å²) in [6, 6.07) is 9.77. The van der Waals surface area contributed by atoms with Crippen LogP contribution in [0.5, 0.6) is 0 Å². The molecule has 0 unspecified atom stereocenters. The van der Waals surface area contributed by atoms with E-state index < -0.39 is 0 Å². The van der Waals surface area contributed by atoms with Crippen molar-refractivity contribution in [3.8, 4) is 5.69 Å². The van der Waals surface area contributed by atoms with E-state index in [2.05, 4.69) is 0 Å². The number of thioether (sulfide) groups is 1. The van der Waals surface area contributed by atoms with E-state index in [9.17, 15) is 14.0 Å². The lowest BCUT2D eigenvalue weighted by molar-refractivity contribution is -0.122. The maximum atomic E-state index is 13.1. The van der Waals surface area contributed by atoms with E-state index in [1.807, 2.05) is 29.8 Å². The molecule has 1 fully saturated rings. The summed E-state index contributed by atoms with van der Waals surface area (Å²) < 4.78 is 14.9. The Bertz CT molecular complexity index is 780. The van der Waals surface area contributed by atoms with Gasteiger partial charge in [0.05, 0.1) is 4.91 Å². The number of aromatic nitrogens is 1. The van der Waals surface area contributed by atoms with Crippen LogP contribution in [0.1, 0.15) is 19.0 Å². The van der Waals surface area contributed by atoms with E-state index in [0.29, 0.717) is 11.4 Å². The van der Waals surface area contributed by atoms with E-state index in [4.69, 9.17) is 0 Å². The molecule has 1 saturated heterocycles. The van der Waals surface area contributed by atoms with Crippen molar-refractivity contribution in [3.05, 3.63) is 59.0 Å². The second-order valence-electron chi connectivity index (χ2n) is 5.11. The van der Waals surface area contributed by atoms with Gasteiger partial charge in [0.2, 0.25) is 0 Å². The molecule has 4 nitrogen and oxygen atoms in total. The van der Waals surface area contributed by atoms with E-state index in [1.165, 1.54) is 17.0 Å². The molecule has 0 atom stereocenters. The van der Waals surface area contributed by atoms with Crippen LogP contribution < -0.4 is 0 Å². The van der Waals surface area contributed by atoms with Gasteiger partial charge in [0, 0.05) is 24.1 Å². The molecule has 0 saturated carbocycles. The zero-order valence-corrected chi connectivity index (χ0v) is 13.3. The number of hydrogen-bond acceptors (Lipinski definition) is 3. The van der Waals surface area contributed by atoms with E-state index in [-0.39, 0.29) is 17.0 Å². The minimum absolute atomic E-state index is 0.233. The standard InChI is InChI=1S/C17H15FN2O2S/c1-2-9-20-16(21)15(23-17(20)22)11-14-4-3-10-19(14)13-7-5-12(18)6-8-13/h3-8,10-11H,2,9H2,1H3/b15-11+. The number of rotatable bonds is 4. The summed E-state index contributed by atoms with van der Waals surface area (Å²) in [6.45, 7) is 2.35. The molecule has 118 valence electrons. The zero-order chi connectivity index (χ0) is 16.4. The molecule has 0 N–H and O–H groups in total. The number of carbonyl (C=O) groups excluding carboxylic acids is 2. The Morgan fingerprint density at radius 1 is 1.17 bits per heavy atom. The number of halogens is 1. The lowest BCUT2D eigenvalue weighted by atomic mass is 10.3. The molecule has 23 heavy (non-hydrogen) atoms. The first-order chi connectivity index (χ1) is 11.1. The molecule has 0 spiro atoms. The molecule has 1 aliphatic heterocycles. The van der Waals surface area contributed by atoms with Gasteiger partial charge in [0.1, 0.15) is 5.82 Å². The fraction of sp³-hybridized carbons (Fsp3) is 0.176. The molecule has 1 aromatic heterocycles. The Hall–Kier alpha value is -2.34. The number of nitrogens with zero attached hydrogens (tertiary/aromatic N) is 2. The Kier molecular flexibility index (Phi) is 4.34. The molecular weight excluding hydrogens is 315 g/mol. The minimum Gasteiger partial charge on any atom is -0.317 e. The van der Waals surface area contributed by atoms with Crippen molar-refractivity contribution in [2.45, 2.75) is 13.3 Å². The summed E-state index contributed by atoms with van der Waals surface area (Å²) in [6.07, 6.45) is 4.26. The highest BCUT2D eigenvalue weighted by molar-refractivity contribution is 8.18. The number of hydrogen-bond donors (Lipinski definition) is 0. The van der Waals surface area contributed by atoms with Crippen LogP contribution in [-0.2, 0) is 4.79 Å². The van der Waals surface area contributed by atoms with Crippen molar-refractivity contribution < 1.29 is 14.0 Å². The molecule has 6 heteroatoms. The van der Waals surface area contributed by atoms with Crippen molar-refractivity contribution in [3.63, 3.8) is 0 Å². The predicted molar refractivity (Wildman–Crippen MR) is 88.7 cm³/mol. The van der Waals surface area contributed by atoms with Crippen LogP contribution in [0, 0.1) is 5.82 Å². The third-order valence-corrected chi connectivity index (χ3v) is 4.39. The van der Waals surface area contributed by atoms with Crippen molar-refractivity contribution in [1.29, 1.82) is 0 Å². The van der Waals surface area contributed by atoms with Crippen molar-refractivity contribution >= 4 is 29.0 Å². The highest BCUT2D eigenvalue weighted by Crippen LogP contribution is 2.32. The fourth-order valence-corrected chi connectivity index (χ4v) is 3.25. The molecule has 1 aliphatic rings. The third-order valence-electron chi connectivity index (χ3n) is 3.48. The second-order valence-corrected chi connectivity index (χ2v) is 6.11. The Morgan fingerprint density at radius 2 is 1.91 bits per heavy atom. The molecular formula is C17H15FN2O2S. The summed E-state index contributed by atoms with van der Waals surface area (Å²) in [7, 11) is 0. The van der Waals surface area contributed by atoms with Crippen LogP contribution in [0.15, 0.2) is 47.5 Å². The van der Waals surface area contributed by atoms with Gasteiger partial charge in [-0.05, 0) is 60.7 Å². The quantitative estimate of drug-likeness (QED) is 0.794. The average molecular weight is 330 g/mol. The van der Waals surface area contributed by atoms with Gasteiger partial charge < -0.3 is 4.57 Å². The van der Waals surface area contributed by atoms with Crippen LogP contribution in [0.2, 0.25) is 0 Å². The largest absolute Gasteiger partial charge is 0.317 e. The smallest absolute Gasteiger partial charge is 0.293 e. The maximum Gasteiger partial charge on any atom is 0.293 e. The first kappa shape index (κ1) is 15.6. The van der Waals surface area contributed by atoms with Gasteiger partial charge in [-0.1, -0.05) is 6.92 Å². The lowest BCUT2D eigenvalue weighted by Crippen LogP contribution is -2.28. The summed E-state index contributed by atoms with van der Waals surface area (Å²) in [5.41, 5.74) is 1.55. The molecule has 2 aromatic rings. The topological polar surface area (TPSA) is 42.3 Å². The van der Waals surface area contributed by atoms with Crippen LogP contribution in [-0.4, -0.2) is 27.2 Å². The van der Waals surface area contributed by atoms with Gasteiger partial charge in [0.25, 0.3) is 11.1 Å². The van der Waals surface area contributed by atoms with E-state index in [0.717, 1.165) is 29.6 Å². The first-order valence-corrected chi connectivity index (χ1v) is 8.10. The van der Waals surface area contributed by atoms with Gasteiger partial charge in [-0.2, -0.15) is 0 Å². The number of benzene rings is 1. The molecule has 2 heterocycles. The van der Waals surface area contributed by atoms with Crippen molar-refractivity contribution in [2.75, 3.05) is 6.54 Å². The minimum atomic E-state index is -0.303. The summed E-state index contributed by atoms with van der Waals surface area (Å²) in [4.78, 5) is 25.8. The summed E-state index contributed by atoms with van der Waals surface area (Å²) >= 11 is 0.952. The normalized spacial score (nSPS) is 16.6. The first-order valence-electron chi connectivity index (χ1n) is 7.29. The predicted octanol–water partition coefficient (Wildman–Crippen LogP) is 4.06. The molecule has 0 aliphatic carbocycles. The van der Waals surface area contributed by atoms with Crippen molar-refractivity contribution in [1.82, 2.24) is 9.47 Å². The number of carbonyl (C=O) groups is 2. The molecule has 3 rings (SSSR count).